The van der Waals surface area contributed by atoms with Crippen molar-refractivity contribution in [2.24, 2.45) is 5.92 Å². The van der Waals surface area contributed by atoms with Gasteiger partial charge in [0.15, 0.2) is 0 Å². The first-order chi connectivity index (χ1) is 9.61. The molecule has 2 nitrogen and oxygen atoms in total. The van der Waals surface area contributed by atoms with Crippen LogP contribution in [0.2, 0.25) is 0 Å². The molecular formula is C18H45NO. The lowest BCUT2D eigenvalue weighted by molar-refractivity contribution is -0.129. The van der Waals surface area contributed by atoms with Crippen LogP contribution in [-0.4, -0.2) is 23.4 Å². The summed E-state index contributed by atoms with van der Waals surface area (Å²) in [7, 11) is 0. The highest BCUT2D eigenvalue weighted by Gasteiger charge is 2.27. The number of carbonyl (C=O) groups is 1. The van der Waals surface area contributed by atoms with Crippen LogP contribution in [0.5, 0.6) is 0 Å². The van der Waals surface area contributed by atoms with Crippen LogP contribution >= 0.6 is 0 Å². The van der Waals surface area contributed by atoms with Crippen LogP contribution in [0, 0.1) is 5.92 Å². The SMILES string of the molecule is CC.CC.CC.CC.CC.CC(=O)N1CC(C)CC1C. The fourth-order valence-electron chi connectivity index (χ4n) is 1.74. The van der Waals surface area contributed by atoms with Crippen molar-refractivity contribution in [3.63, 3.8) is 0 Å². The summed E-state index contributed by atoms with van der Waals surface area (Å²) in [5, 5.41) is 0. The van der Waals surface area contributed by atoms with E-state index in [1.54, 1.807) is 6.92 Å². The molecule has 1 rings (SSSR count). The minimum atomic E-state index is 0.219. The topological polar surface area (TPSA) is 20.3 Å². The Balaban J connectivity index is -0.0000000639. The molecule has 0 aromatic carbocycles. The summed E-state index contributed by atoms with van der Waals surface area (Å²) in [5.74, 6) is 0.913. The number of rotatable bonds is 0. The second-order valence-electron chi connectivity index (χ2n) is 3.36. The third kappa shape index (κ3) is 19.8. The van der Waals surface area contributed by atoms with Crippen molar-refractivity contribution in [2.75, 3.05) is 6.54 Å². The molecule has 0 saturated carbocycles. The third-order valence-corrected chi connectivity index (χ3v) is 2.19. The highest BCUT2D eigenvalue weighted by molar-refractivity contribution is 5.73. The van der Waals surface area contributed by atoms with Gasteiger partial charge in [-0.15, -0.1) is 0 Å². The van der Waals surface area contributed by atoms with Crippen molar-refractivity contribution in [3.8, 4) is 0 Å². The zero-order chi connectivity index (χ0) is 17.7. The Morgan fingerprint density at radius 3 is 1.20 bits per heavy atom. The van der Waals surface area contributed by atoms with Crippen molar-refractivity contribution >= 4 is 5.91 Å². The predicted molar refractivity (Wildman–Crippen MR) is 97.4 cm³/mol. The van der Waals surface area contributed by atoms with Crippen LogP contribution in [0.1, 0.15) is 96.4 Å². The molecule has 20 heavy (non-hydrogen) atoms. The first kappa shape index (κ1) is 31.7. The molecule has 128 valence electrons. The van der Waals surface area contributed by atoms with Crippen molar-refractivity contribution < 1.29 is 4.79 Å². The minimum Gasteiger partial charge on any atom is -0.340 e. The van der Waals surface area contributed by atoms with E-state index in [2.05, 4.69) is 13.8 Å². The summed E-state index contributed by atoms with van der Waals surface area (Å²) in [6, 6.07) is 0.465. The summed E-state index contributed by atoms with van der Waals surface area (Å²) < 4.78 is 0. The molecule has 1 aliphatic heterocycles. The molecule has 0 bridgehead atoms. The van der Waals surface area contributed by atoms with Crippen molar-refractivity contribution in [1.82, 2.24) is 4.90 Å². The summed E-state index contributed by atoms with van der Waals surface area (Å²) >= 11 is 0. The molecule has 1 heterocycles. The van der Waals surface area contributed by atoms with E-state index in [9.17, 15) is 4.79 Å². The van der Waals surface area contributed by atoms with Crippen LogP contribution in [0.15, 0.2) is 0 Å². The zero-order valence-electron chi connectivity index (χ0n) is 16.9. The molecule has 1 fully saturated rings. The Morgan fingerprint density at radius 1 is 0.800 bits per heavy atom. The van der Waals surface area contributed by atoms with Gasteiger partial charge in [0.1, 0.15) is 0 Å². The summed E-state index contributed by atoms with van der Waals surface area (Å²) in [6.07, 6.45) is 1.17. The van der Waals surface area contributed by atoms with E-state index in [0.29, 0.717) is 12.0 Å². The van der Waals surface area contributed by atoms with Crippen LogP contribution in [-0.2, 0) is 4.79 Å². The highest BCUT2D eigenvalue weighted by Crippen LogP contribution is 2.21. The lowest BCUT2D eigenvalue weighted by atomic mass is 10.1. The number of carbonyl (C=O) groups excluding carboxylic acids is 1. The lowest BCUT2D eigenvalue weighted by Gasteiger charge is -2.18. The average Bonchev–Trinajstić information content (AvgIpc) is 2.88. The molecule has 2 atom stereocenters. The lowest BCUT2D eigenvalue weighted by Crippen LogP contribution is -2.31. The smallest absolute Gasteiger partial charge is 0.219 e. The van der Waals surface area contributed by atoms with Gasteiger partial charge < -0.3 is 4.90 Å². The quantitative estimate of drug-likeness (QED) is 0.506. The van der Waals surface area contributed by atoms with Gasteiger partial charge in [-0.3, -0.25) is 4.79 Å². The van der Waals surface area contributed by atoms with Gasteiger partial charge in [-0.2, -0.15) is 0 Å². The minimum absolute atomic E-state index is 0.219. The monoisotopic (exact) mass is 291 g/mol. The molecule has 1 saturated heterocycles. The number of likely N-dealkylation sites (tertiary alicyclic amines) is 1. The van der Waals surface area contributed by atoms with E-state index >= 15 is 0 Å². The van der Waals surface area contributed by atoms with E-state index < -0.39 is 0 Å². The van der Waals surface area contributed by atoms with Gasteiger partial charge >= 0.3 is 0 Å². The Hall–Kier alpha value is -0.530. The molecule has 0 spiro atoms. The number of nitrogens with zero attached hydrogens (tertiary/aromatic N) is 1. The zero-order valence-corrected chi connectivity index (χ0v) is 16.9. The van der Waals surface area contributed by atoms with Gasteiger partial charge in [-0.25, -0.2) is 0 Å². The Morgan fingerprint density at radius 2 is 1.10 bits per heavy atom. The standard InChI is InChI=1S/C8H15NO.5C2H6/c1-6-4-7(2)9(5-6)8(3)10;5*1-2/h6-7H,4-5H2,1-3H3;5*1-2H3. The van der Waals surface area contributed by atoms with Gasteiger partial charge in [0, 0.05) is 19.5 Å². The van der Waals surface area contributed by atoms with Crippen molar-refractivity contribution in [3.05, 3.63) is 0 Å². The first-order valence-corrected chi connectivity index (χ1v) is 8.88. The molecular weight excluding hydrogens is 246 g/mol. The van der Waals surface area contributed by atoms with Crippen LogP contribution in [0.4, 0.5) is 0 Å². The second kappa shape index (κ2) is 31.1. The normalized spacial score (nSPS) is 17.9. The largest absolute Gasteiger partial charge is 0.340 e. The van der Waals surface area contributed by atoms with Gasteiger partial charge in [0.05, 0.1) is 0 Å². The van der Waals surface area contributed by atoms with Crippen LogP contribution < -0.4 is 0 Å². The average molecular weight is 292 g/mol. The number of hydrogen-bond acceptors (Lipinski definition) is 1. The highest BCUT2D eigenvalue weighted by atomic mass is 16.2. The summed E-state index contributed by atoms with van der Waals surface area (Å²) in [5.41, 5.74) is 0. The van der Waals surface area contributed by atoms with E-state index in [1.165, 1.54) is 6.42 Å². The molecule has 2 unspecified atom stereocenters. The number of amides is 1. The molecule has 0 N–H and O–H groups in total. The molecule has 0 aromatic heterocycles. The molecule has 0 aromatic rings. The maximum atomic E-state index is 10.9. The third-order valence-electron chi connectivity index (χ3n) is 2.19. The maximum absolute atomic E-state index is 10.9. The fourth-order valence-corrected chi connectivity index (χ4v) is 1.74. The van der Waals surface area contributed by atoms with Crippen LogP contribution in [0.25, 0.3) is 0 Å². The van der Waals surface area contributed by atoms with E-state index in [0.717, 1.165) is 6.54 Å². The predicted octanol–water partition coefficient (Wildman–Crippen LogP) is 6.39. The van der Waals surface area contributed by atoms with Crippen molar-refractivity contribution in [2.45, 2.75) is 102 Å². The maximum Gasteiger partial charge on any atom is 0.219 e. The number of hydrogen-bond donors (Lipinski definition) is 0. The Kier molecular flexibility index (Phi) is 49.3. The van der Waals surface area contributed by atoms with Gasteiger partial charge in [-0.05, 0) is 19.3 Å². The Bertz CT molecular complexity index is 146. The van der Waals surface area contributed by atoms with E-state index in [4.69, 9.17) is 0 Å². The van der Waals surface area contributed by atoms with E-state index in [1.807, 2.05) is 74.1 Å². The summed E-state index contributed by atoms with van der Waals surface area (Å²) in [4.78, 5) is 12.9. The second-order valence-corrected chi connectivity index (χ2v) is 3.36. The molecule has 0 aliphatic carbocycles. The van der Waals surface area contributed by atoms with E-state index in [-0.39, 0.29) is 5.91 Å². The van der Waals surface area contributed by atoms with Crippen LogP contribution in [0.3, 0.4) is 0 Å². The van der Waals surface area contributed by atoms with Gasteiger partial charge in [-0.1, -0.05) is 76.2 Å². The first-order valence-electron chi connectivity index (χ1n) is 8.88. The fraction of sp³-hybridized carbons (Fsp3) is 0.944. The molecule has 0 radical (unpaired) electrons. The molecule has 1 amide bonds. The van der Waals surface area contributed by atoms with Gasteiger partial charge in [0.25, 0.3) is 0 Å². The Labute approximate surface area is 131 Å². The molecule has 1 aliphatic rings. The molecule has 2 heteroatoms. The summed E-state index contributed by atoms with van der Waals surface area (Å²) in [6.45, 7) is 26.9. The van der Waals surface area contributed by atoms with Gasteiger partial charge in [0.2, 0.25) is 5.91 Å². The van der Waals surface area contributed by atoms with Crippen molar-refractivity contribution in [1.29, 1.82) is 0 Å².